The summed E-state index contributed by atoms with van der Waals surface area (Å²) in [5.74, 6) is 4.25. The average Bonchev–Trinajstić information content (AvgIpc) is 2.42. The van der Waals surface area contributed by atoms with Gasteiger partial charge in [0.15, 0.2) is 0 Å². The molecule has 0 bridgehead atoms. The molecule has 1 rings (SSSR count). The highest BCUT2D eigenvalue weighted by Gasteiger charge is 2.25. The lowest BCUT2D eigenvalue weighted by Crippen LogP contribution is -2.54. The van der Waals surface area contributed by atoms with E-state index in [1.54, 1.807) is 12.1 Å². The number of aliphatic hydroxyl groups excluding tert-OH is 1. The Kier molecular flexibility index (Phi) is 5.77. The summed E-state index contributed by atoms with van der Waals surface area (Å²) >= 11 is 0. The molecule has 1 unspecified atom stereocenters. The van der Waals surface area contributed by atoms with Crippen LogP contribution in [0.5, 0.6) is 0 Å². The van der Waals surface area contributed by atoms with Gasteiger partial charge in [0.1, 0.15) is 12.6 Å². The van der Waals surface area contributed by atoms with Crippen LogP contribution in [0.2, 0.25) is 0 Å². The van der Waals surface area contributed by atoms with Crippen LogP contribution in [-0.4, -0.2) is 29.3 Å². The van der Waals surface area contributed by atoms with E-state index >= 15 is 0 Å². The summed E-state index contributed by atoms with van der Waals surface area (Å²) in [5.41, 5.74) is 2.67. The van der Waals surface area contributed by atoms with Crippen molar-refractivity contribution in [3.8, 4) is 0 Å². The Labute approximate surface area is 110 Å². The molecule has 1 aromatic carbocycles. The van der Waals surface area contributed by atoms with Crippen LogP contribution in [0, 0.1) is 0 Å². The second kappa shape index (κ2) is 7.34. The van der Waals surface area contributed by atoms with Crippen LogP contribution in [0.1, 0.15) is 12.5 Å². The lowest BCUT2D eigenvalue weighted by atomic mass is 10.2. The molecule has 2 atom stereocenters. The van der Waals surface area contributed by atoms with Crippen LogP contribution < -0.4 is 16.6 Å². The van der Waals surface area contributed by atoms with E-state index in [1.165, 1.54) is 6.92 Å². The molecule has 0 spiro atoms. The molecule has 104 valence electrons. The molecule has 0 saturated heterocycles. The van der Waals surface area contributed by atoms with E-state index in [0.717, 1.165) is 5.56 Å². The van der Waals surface area contributed by atoms with Gasteiger partial charge in [-0.05, 0) is 12.5 Å². The second-order valence-electron chi connectivity index (χ2n) is 3.93. The fraction of sp³-hybridized carbons (Fsp3) is 0.333. The largest absolute Gasteiger partial charge is 0.445 e. The zero-order chi connectivity index (χ0) is 14.3. The molecule has 0 aromatic heterocycles. The summed E-state index contributed by atoms with van der Waals surface area (Å²) < 4.78 is 4.92. The zero-order valence-corrected chi connectivity index (χ0v) is 10.5. The van der Waals surface area contributed by atoms with Crippen molar-refractivity contribution >= 4 is 12.0 Å². The molecule has 0 aliphatic rings. The Morgan fingerprint density at radius 3 is 2.53 bits per heavy atom. The number of rotatable bonds is 5. The summed E-state index contributed by atoms with van der Waals surface area (Å²) in [5, 5.41) is 11.6. The van der Waals surface area contributed by atoms with Gasteiger partial charge in [-0.15, -0.1) is 0 Å². The molecule has 5 N–H and O–H groups in total. The van der Waals surface area contributed by atoms with Crippen molar-refractivity contribution in [2.45, 2.75) is 25.7 Å². The molecule has 0 heterocycles. The summed E-state index contributed by atoms with van der Waals surface area (Å²) in [6.45, 7) is 1.43. The second-order valence-corrected chi connectivity index (χ2v) is 3.93. The molecule has 0 aliphatic heterocycles. The van der Waals surface area contributed by atoms with Crippen molar-refractivity contribution in [2.75, 3.05) is 0 Å². The minimum atomic E-state index is -1.16. The number of ether oxygens (including phenoxy) is 1. The van der Waals surface area contributed by atoms with Crippen LogP contribution in [0.4, 0.5) is 4.79 Å². The monoisotopic (exact) mass is 267 g/mol. The molecule has 0 saturated carbocycles. The van der Waals surface area contributed by atoms with Crippen LogP contribution in [0.25, 0.3) is 0 Å². The van der Waals surface area contributed by atoms with Crippen molar-refractivity contribution in [1.82, 2.24) is 10.7 Å². The number of carbonyl (C=O) groups excluding carboxylic acids is 2. The summed E-state index contributed by atoms with van der Waals surface area (Å²) in [7, 11) is 0. The van der Waals surface area contributed by atoms with Crippen LogP contribution in [0.3, 0.4) is 0 Å². The summed E-state index contributed by atoms with van der Waals surface area (Å²) in [6, 6.07) is 7.92. The molecule has 0 radical (unpaired) electrons. The number of carbonyl (C=O) groups is 2. The number of nitrogens with one attached hydrogen (secondary N) is 2. The molecule has 0 aliphatic carbocycles. The number of benzene rings is 1. The third-order valence-electron chi connectivity index (χ3n) is 2.39. The lowest BCUT2D eigenvalue weighted by Gasteiger charge is -2.19. The minimum absolute atomic E-state index is 0.0729. The number of hydrazine groups is 1. The normalized spacial score (nSPS) is 13.2. The Morgan fingerprint density at radius 2 is 2.00 bits per heavy atom. The lowest BCUT2D eigenvalue weighted by molar-refractivity contribution is -0.125. The van der Waals surface area contributed by atoms with Crippen molar-refractivity contribution in [3.63, 3.8) is 0 Å². The number of alkyl carbamates (subject to hydrolysis) is 1. The van der Waals surface area contributed by atoms with Crippen molar-refractivity contribution in [2.24, 2.45) is 5.84 Å². The maximum atomic E-state index is 11.5. The Bertz CT molecular complexity index is 422. The van der Waals surface area contributed by atoms with Gasteiger partial charge in [0.05, 0.1) is 6.10 Å². The minimum Gasteiger partial charge on any atom is -0.445 e. The number of aliphatic hydroxyl groups is 1. The van der Waals surface area contributed by atoms with E-state index in [-0.39, 0.29) is 6.61 Å². The average molecular weight is 267 g/mol. The Balaban J connectivity index is 2.47. The number of hydrogen-bond donors (Lipinski definition) is 4. The van der Waals surface area contributed by atoms with E-state index in [1.807, 2.05) is 23.6 Å². The molecule has 7 heteroatoms. The maximum absolute atomic E-state index is 11.5. The third-order valence-corrected chi connectivity index (χ3v) is 2.39. The van der Waals surface area contributed by atoms with Gasteiger partial charge in [-0.1, -0.05) is 30.3 Å². The van der Waals surface area contributed by atoms with Gasteiger partial charge < -0.3 is 15.2 Å². The standard InChI is InChI=1S/C12H17N3O4/c1-8(16)10(11(17)15-13)14-12(18)19-7-9-5-3-2-4-6-9/h2-6,8,10,16H,7,13H2,1H3,(H,14,18)(H,15,17)/t8?,10-/m1/s1. The zero-order valence-electron chi connectivity index (χ0n) is 10.5. The first-order valence-electron chi connectivity index (χ1n) is 5.70. The predicted molar refractivity (Wildman–Crippen MR) is 67.6 cm³/mol. The van der Waals surface area contributed by atoms with Gasteiger partial charge >= 0.3 is 6.09 Å². The Morgan fingerprint density at radius 1 is 1.37 bits per heavy atom. The molecule has 1 aromatic rings. The van der Waals surface area contributed by atoms with Gasteiger partial charge in [-0.3, -0.25) is 10.2 Å². The molecule has 19 heavy (non-hydrogen) atoms. The van der Waals surface area contributed by atoms with Gasteiger partial charge in [0.25, 0.3) is 5.91 Å². The number of hydrogen-bond acceptors (Lipinski definition) is 5. The first kappa shape index (κ1) is 14.9. The van der Waals surface area contributed by atoms with Crippen LogP contribution in [0.15, 0.2) is 30.3 Å². The van der Waals surface area contributed by atoms with Crippen molar-refractivity contribution in [3.05, 3.63) is 35.9 Å². The van der Waals surface area contributed by atoms with Gasteiger partial charge in [0, 0.05) is 0 Å². The van der Waals surface area contributed by atoms with E-state index in [2.05, 4.69) is 5.32 Å². The smallest absolute Gasteiger partial charge is 0.408 e. The van der Waals surface area contributed by atoms with Crippen LogP contribution >= 0.6 is 0 Å². The SMILES string of the molecule is CC(O)[C@@H](NC(=O)OCc1ccccc1)C(=O)NN. The summed E-state index contributed by atoms with van der Waals surface area (Å²) in [6.07, 6.45) is -1.90. The van der Waals surface area contributed by atoms with Gasteiger partial charge in [0.2, 0.25) is 0 Å². The predicted octanol–water partition coefficient (Wildman–Crippen LogP) is -0.348. The van der Waals surface area contributed by atoms with Crippen molar-refractivity contribution < 1.29 is 19.4 Å². The molecule has 7 nitrogen and oxygen atoms in total. The summed E-state index contributed by atoms with van der Waals surface area (Å²) in [4.78, 5) is 22.8. The topological polar surface area (TPSA) is 114 Å². The molecular formula is C12H17N3O4. The highest BCUT2D eigenvalue weighted by Crippen LogP contribution is 2.01. The third kappa shape index (κ3) is 4.94. The molecular weight excluding hydrogens is 250 g/mol. The quantitative estimate of drug-likeness (QED) is 0.331. The Hall–Kier alpha value is -2.12. The molecule has 2 amide bonds. The van der Waals surface area contributed by atoms with Crippen molar-refractivity contribution in [1.29, 1.82) is 0 Å². The van der Waals surface area contributed by atoms with E-state index < -0.39 is 24.1 Å². The highest BCUT2D eigenvalue weighted by molar-refractivity contribution is 5.85. The maximum Gasteiger partial charge on any atom is 0.408 e. The highest BCUT2D eigenvalue weighted by atomic mass is 16.5. The van der Waals surface area contributed by atoms with E-state index in [4.69, 9.17) is 10.6 Å². The van der Waals surface area contributed by atoms with Gasteiger partial charge in [-0.2, -0.15) is 0 Å². The fourth-order valence-corrected chi connectivity index (χ4v) is 1.39. The van der Waals surface area contributed by atoms with Gasteiger partial charge in [-0.25, -0.2) is 10.6 Å². The van der Waals surface area contributed by atoms with Crippen LogP contribution in [-0.2, 0) is 16.1 Å². The number of amides is 2. The number of nitrogens with two attached hydrogens (primary N) is 1. The van der Waals surface area contributed by atoms with E-state index in [9.17, 15) is 14.7 Å². The first-order valence-corrected chi connectivity index (χ1v) is 5.70. The van der Waals surface area contributed by atoms with E-state index in [0.29, 0.717) is 0 Å². The first-order chi connectivity index (χ1) is 9.04. The molecule has 0 fully saturated rings. The fourth-order valence-electron chi connectivity index (χ4n) is 1.39.